The Morgan fingerprint density at radius 1 is 1.05 bits per heavy atom. The Kier molecular flexibility index (Phi) is 3.25. The molecule has 2 heterocycles. The van der Waals surface area contributed by atoms with Gasteiger partial charge in [0.25, 0.3) is 11.8 Å². The number of nitrogens with one attached hydrogen (secondary N) is 1. The number of carbonyl (C=O) groups is 2. The van der Waals surface area contributed by atoms with Crippen LogP contribution in [0.15, 0.2) is 42.2 Å². The molecule has 5 heteroatoms. The van der Waals surface area contributed by atoms with E-state index in [1.807, 2.05) is 55.3 Å². The number of aromatic nitrogens is 1. The summed E-state index contributed by atoms with van der Waals surface area (Å²) in [7, 11) is 0. The highest BCUT2D eigenvalue weighted by molar-refractivity contribution is 6.32. The molecule has 0 spiro atoms. The molecule has 0 unspecified atom stereocenters. The van der Waals surface area contributed by atoms with Gasteiger partial charge in [-0.25, -0.2) is 0 Å². The number of fused-ring (bicyclic) bond motifs is 1. The summed E-state index contributed by atoms with van der Waals surface area (Å²) < 4.78 is 1.79. The Hall–Kier alpha value is -2.56. The predicted octanol–water partition coefficient (Wildman–Crippen LogP) is 1.81. The lowest BCUT2D eigenvalue weighted by molar-refractivity contribution is -0.124. The summed E-state index contributed by atoms with van der Waals surface area (Å²) in [5.41, 5.74) is 1.78. The molecule has 1 aliphatic rings. The fourth-order valence-electron chi connectivity index (χ4n) is 2.77. The van der Waals surface area contributed by atoms with E-state index in [4.69, 9.17) is 0 Å². The molecule has 1 aromatic heterocycles. The van der Waals surface area contributed by atoms with Crippen molar-refractivity contribution in [2.75, 3.05) is 13.1 Å². The fourth-order valence-corrected chi connectivity index (χ4v) is 2.77. The molecule has 0 aliphatic carbocycles. The average Bonchev–Trinajstić information content (AvgIpc) is 3.02. The number of imide groups is 1. The first kappa shape index (κ1) is 13.4. The molecule has 3 rings (SSSR count). The number of hydrogen-bond donors (Lipinski definition) is 1. The second kappa shape index (κ2) is 5.09. The number of carbonyl (C=O) groups excluding carboxylic acids is 2. The van der Waals surface area contributed by atoms with Crippen molar-refractivity contribution in [3.63, 3.8) is 0 Å². The van der Waals surface area contributed by atoms with Crippen molar-refractivity contribution in [2.45, 2.75) is 13.8 Å². The van der Waals surface area contributed by atoms with E-state index in [2.05, 4.69) is 5.32 Å². The predicted molar refractivity (Wildman–Crippen MR) is 81.2 cm³/mol. The van der Waals surface area contributed by atoms with Crippen molar-refractivity contribution >= 4 is 28.4 Å². The van der Waals surface area contributed by atoms with Gasteiger partial charge in [0.1, 0.15) is 11.4 Å². The third-order valence-corrected chi connectivity index (χ3v) is 3.80. The van der Waals surface area contributed by atoms with Crippen LogP contribution in [0.1, 0.15) is 13.8 Å². The zero-order chi connectivity index (χ0) is 15.0. The van der Waals surface area contributed by atoms with Gasteiger partial charge in [-0.15, -0.1) is 0 Å². The first-order valence-corrected chi connectivity index (χ1v) is 7.08. The minimum atomic E-state index is -0.344. The van der Waals surface area contributed by atoms with Crippen molar-refractivity contribution in [1.29, 1.82) is 0 Å². The van der Waals surface area contributed by atoms with Crippen LogP contribution in [0.5, 0.6) is 0 Å². The number of likely N-dealkylation sites (N-methyl/N-ethyl adjacent to an activating group) is 1. The summed E-state index contributed by atoms with van der Waals surface area (Å²) in [4.78, 5) is 26.3. The number of rotatable bonds is 4. The van der Waals surface area contributed by atoms with Crippen LogP contribution in [0, 0.1) is 0 Å². The number of nitrogens with zero attached hydrogens (tertiary/aromatic N) is 2. The molecule has 2 amide bonds. The number of amides is 2. The zero-order valence-electron chi connectivity index (χ0n) is 12.1. The lowest BCUT2D eigenvalue weighted by Crippen LogP contribution is -2.30. The summed E-state index contributed by atoms with van der Waals surface area (Å²) in [6.07, 6.45) is 1.84. The van der Waals surface area contributed by atoms with E-state index in [0.717, 1.165) is 10.9 Å². The van der Waals surface area contributed by atoms with Gasteiger partial charge in [0.05, 0.1) is 5.52 Å². The van der Waals surface area contributed by atoms with Gasteiger partial charge in [-0.3, -0.25) is 14.9 Å². The molecule has 0 saturated heterocycles. The van der Waals surface area contributed by atoms with Gasteiger partial charge in [0.15, 0.2) is 0 Å². The fraction of sp³-hybridized carbons (Fsp3) is 0.250. The highest BCUT2D eigenvalue weighted by atomic mass is 16.2. The number of hydrogen-bond acceptors (Lipinski definition) is 3. The van der Waals surface area contributed by atoms with Gasteiger partial charge in [-0.2, -0.15) is 0 Å². The maximum absolute atomic E-state index is 12.2. The molecule has 108 valence electrons. The Bertz CT molecular complexity index is 754. The highest BCUT2D eigenvalue weighted by Gasteiger charge is 2.34. The molecular formula is C16H17N3O2. The minimum absolute atomic E-state index is 0.323. The molecule has 21 heavy (non-hydrogen) atoms. The van der Waals surface area contributed by atoms with Gasteiger partial charge in [0, 0.05) is 19.3 Å². The Morgan fingerprint density at radius 2 is 1.76 bits per heavy atom. The summed E-state index contributed by atoms with van der Waals surface area (Å²) >= 11 is 0. The normalized spacial score (nSPS) is 15.0. The van der Waals surface area contributed by atoms with Crippen molar-refractivity contribution < 1.29 is 9.59 Å². The van der Waals surface area contributed by atoms with E-state index >= 15 is 0 Å². The molecule has 0 fully saturated rings. The largest absolute Gasteiger partial charge is 0.366 e. The summed E-state index contributed by atoms with van der Waals surface area (Å²) in [5.74, 6) is -0.667. The molecule has 0 saturated carbocycles. The summed E-state index contributed by atoms with van der Waals surface area (Å²) in [6.45, 7) is 5.29. The lowest BCUT2D eigenvalue weighted by Gasteiger charge is -2.21. The van der Waals surface area contributed by atoms with Crippen LogP contribution in [0.2, 0.25) is 0 Å². The second-order valence-electron chi connectivity index (χ2n) is 4.90. The van der Waals surface area contributed by atoms with Gasteiger partial charge in [-0.05, 0) is 31.4 Å². The quantitative estimate of drug-likeness (QED) is 0.871. The maximum Gasteiger partial charge on any atom is 0.277 e. The van der Waals surface area contributed by atoms with Crippen LogP contribution in [-0.2, 0) is 9.59 Å². The first-order chi connectivity index (χ1) is 10.2. The van der Waals surface area contributed by atoms with Gasteiger partial charge < -0.3 is 9.47 Å². The van der Waals surface area contributed by atoms with E-state index in [1.165, 1.54) is 0 Å². The van der Waals surface area contributed by atoms with Crippen LogP contribution in [0.3, 0.4) is 0 Å². The number of para-hydroxylation sites is 1. The van der Waals surface area contributed by atoms with Crippen LogP contribution in [0.25, 0.3) is 16.6 Å². The minimum Gasteiger partial charge on any atom is -0.366 e. The highest BCUT2D eigenvalue weighted by Crippen LogP contribution is 2.26. The van der Waals surface area contributed by atoms with Gasteiger partial charge >= 0.3 is 0 Å². The SMILES string of the molecule is CCN(CC)C1=C(n2ccc3ccccc32)C(=O)NC1=O. The smallest absolute Gasteiger partial charge is 0.277 e. The van der Waals surface area contributed by atoms with Gasteiger partial charge in [0.2, 0.25) is 0 Å². The molecule has 5 nitrogen and oxygen atoms in total. The van der Waals surface area contributed by atoms with Crippen LogP contribution >= 0.6 is 0 Å². The van der Waals surface area contributed by atoms with E-state index in [-0.39, 0.29) is 11.8 Å². The topological polar surface area (TPSA) is 54.3 Å². The maximum atomic E-state index is 12.2. The molecule has 0 atom stereocenters. The molecule has 1 aliphatic heterocycles. The second-order valence-corrected chi connectivity index (χ2v) is 4.90. The van der Waals surface area contributed by atoms with Crippen LogP contribution in [-0.4, -0.2) is 34.4 Å². The Balaban J connectivity index is 2.25. The van der Waals surface area contributed by atoms with Crippen molar-refractivity contribution in [3.8, 4) is 0 Å². The van der Waals surface area contributed by atoms with Gasteiger partial charge in [-0.1, -0.05) is 18.2 Å². The van der Waals surface area contributed by atoms with E-state index in [1.54, 1.807) is 4.57 Å². The molecule has 2 aromatic rings. The third-order valence-electron chi connectivity index (χ3n) is 3.80. The lowest BCUT2D eigenvalue weighted by atomic mass is 10.2. The third kappa shape index (κ3) is 2.01. The Morgan fingerprint density at radius 3 is 2.48 bits per heavy atom. The van der Waals surface area contributed by atoms with E-state index < -0.39 is 0 Å². The summed E-state index contributed by atoms with van der Waals surface area (Å²) in [6, 6.07) is 9.74. The first-order valence-electron chi connectivity index (χ1n) is 7.08. The van der Waals surface area contributed by atoms with Crippen molar-refractivity contribution in [1.82, 2.24) is 14.8 Å². The van der Waals surface area contributed by atoms with E-state index in [0.29, 0.717) is 24.5 Å². The van der Waals surface area contributed by atoms with Crippen LogP contribution < -0.4 is 5.32 Å². The average molecular weight is 283 g/mol. The summed E-state index contributed by atoms with van der Waals surface area (Å²) in [5, 5.41) is 3.44. The Labute approximate surface area is 122 Å². The molecule has 1 aromatic carbocycles. The molecule has 0 radical (unpaired) electrons. The monoisotopic (exact) mass is 283 g/mol. The molecule has 0 bridgehead atoms. The van der Waals surface area contributed by atoms with Crippen molar-refractivity contribution in [2.24, 2.45) is 0 Å². The standard InChI is InChI=1S/C16H17N3O2/c1-3-18(4-2)13-14(16(21)17-15(13)20)19-10-9-11-7-5-6-8-12(11)19/h5-10H,3-4H2,1-2H3,(H,17,20,21). The van der Waals surface area contributed by atoms with Crippen molar-refractivity contribution in [3.05, 3.63) is 42.2 Å². The number of benzene rings is 1. The zero-order valence-corrected chi connectivity index (χ0v) is 12.1. The van der Waals surface area contributed by atoms with Crippen LogP contribution in [0.4, 0.5) is 0 Å². The molecular weight excluding hydrogens is 266 g/mol. The molecule has 1 N–H and O–H groups in total. The van der Waals surface area contributed by atoms with E-state index in [9.17, 15) is 9.59 Å².